The number of carbonyl (C=O) groups is 1. The Morgan fingerprint density at radius 3 is 2.89 bits per heavy atom. The largest absolute Gasteiger partial charge is 0.327 e. The van der Waals surface area contributed by atoms with Crippen LogP contribution in [0.1, 0.15) is 0 Å². The van der Waals surface area contributed by atoms with Gasteiger partial charge in [0.1, 0.15) is 0 Å². The fraction of sp³-hybridized carbons (Fsp3) is 0.462. The van der Waals surface area contributed by atoms with Crippen molar-refractivity contribution in [2.75, 3.05) is 38.6 Å². The number of carbonyl (C=O) groups excluding carboxylic acids is 1. The van der Waals surface area contributed by atoms with E-state index in [0.717, 1.165) is 29.8 Å². The van der Waals surface area contributed by atoms with Gasteiger partial charge in [-0.3, -0.25) is 4.90 Å². The Bertz CT molecular complexity index is 438. The van der Waals surface area contributed by atoms with Crippen LogP contribution >= 0.6 is 15.9 Å². The van der Waals surface area contributed by atoms with Crippen LogP contribution in [0.5, 0.6) is 0 Å². The number of hydrogen-bond donors (Lipinski definition) is 1. The average Bonchev–Trinajstić information content (AvgIpc) is 2.34. The number of halogens is 1. The molecule has 1 aliphatic rings. The van der Waals surface area contributed by atoms with Crippen molar-refractivity contribution in [3.8, 4) is 0 Å². The number of benzene rings is 1. The van der Waals surface area contributed by atoms with E-state index in [1.54, 1.807) is 4.90 Å². The van der Waals surface area contributed by atoms with E-state index in [2.05, 4.69) is 21.2 Å². The highest BCUT2D eigenvalue weighted by Gasteiger charge is 2.30. The van der Waals surface area contributed by atoms with Gasteiger partial charge in [0.05, 0.1) is 0 Å². The van der Waals surface area contributed by atoms with Gasteiger partial charge in [-0.25, -0.2) is 4.79 Å². The molecule has 1 fully saturated rings. The molecule has 0 saturated carbocycles. The Morgan fingerprint density at radius 1 is 1.44 bits per heavy atom. The zero-order chi connectivity index (χ0) is 13.1. The molecule has 0 spiro atoms. The predicted octanol–water partition coefficient (Wildman–Crippen LogP) is 2.16. The number of amides is 2. The van der Waals surface area contributed by atoms with Gasteiger partial charge < -0.3 is 10.2 Å². The highest BCUT2D eigenvalue weighted by Crippen LogP contribution is 2.24. The number of rotatable bonds is 3. The molecule has 1 aliphatic heterocycles. The van der Waals surface area contributed by atoms with Gasteiger partial charge in [0, 0.05) is 42.8 Å². The zero-order valence-electron chi connectivity index (χ0n) is 10.7. The summed E-state index contributed by atoms with van der Waals surface area (Å²) < 4.78 is 0.992. The highest BCUT2D eigenvalue weighted by molar-refractivity contribution is 9.10. The van der Waals surface area contributed by atoms with Gasteiger partial charge in [-0.2, -0.15) is 0 Å². The molecule has 1 atom stereocenters. The van der Waals surface area contributed by atoms with E-state index in [4.69, 9.17) is 0 Å². The third-order valence-corrected chi connectivity index (χ3v) is 3.64. The molecule has 1 aromatic carbocycles. The molecule has 98 valence electrons. The first-order chi connectivity index (χ1) is 8.61. The Labute approximate surface area is 116 Å². The molecule has 1 heterocycles. The van der Waals surface area contributed by atoms with E-state index in [1.807, 2.05) is 43.3 Å². The monoisotopic (exact) mass is 311 g/mol. The highest BCUT2D eigenvalue weighted by atomic mass is 79.9. The Hall–Kier alpha value is -1.07. The van der Waals surface area contributed by atoms with Crippen LogP contribution in [0.4, 0.5) is 10.5 Å². The second kappa shape index (κ2) is 5.71. The van der Waals surface area contributed by atoms with Crippen LogP contribution in [0, 0.1) is 5.92 Å². The Kier molecular flexibility index (Phi) is 4.24. The lowest BCUT2D eigenvalue weighted by Crippen LogP contribution is -2.53. The van der Waals surface area contributed by atoms with E-state index in [9.17, 15) is 4.79 Å². The number of nitrogens with zero attached hydrogens (tertiary/aromatic N) is 2. The third kappa shape index (κ3) is 2.84. The summed E-state index contributed by atoms with van der Waals surface area (Å²) in [7, 11) is 3.80. The van der Waals surface area contributed by atoms with Crippen LogP contribution in [0.3, 0.4) is 0 Å². The second-order valence-electron chi connectivity index (χ2n) is 4.68. The summed E-state index contributed by atoms with van der Waals surface area (Å²) in [6.45, 7) is 2.49. The van der Waals surface area contributed by atoms with Gasteiger partial charge in [0.2, 0.25) is 0 Å². The molecule has 4 nitrogen and oxygen atoms in total. The maximum absolute atomic E-state index is 12.2. The van der Waals surface area contributed by atoms with Crippen LogP contribution in [-0.4, -0.2) is 44.7 Å². The minimum absolute atomic E-state index is 0.0699. The number of hydrogen-bond acceptors (Lipinski definition) is 2. The topological polar surface area (TPSA) is 35.6 Å². The molecule has 0 aliphatic carbocycles. The summed E-state index contributed by atoms with van der Waals surface area (Å²) in [6.07, 6.45) is 0. The first-order valence-corrected chi connectivity index (χ1v) is 6.84. The van der Waals surface area contributed by atoms with Crippen molar-refractivity contribution in [1.29, 1.82) is 0 Å². The van der Waals surface area contributed by atoms with Gasteiger partial charge in [-0.1, -0.05) is 22.0 Å². The summed E-state index contributed by atoms with van der Waals surface area (Å²) >= 11 is 3.45. The molecule has 18 heavy (non-hydrogen) atoms. The lowest BCUT2D eigenvalue weighted by molar-refractivity contribution is 0.192. The molecule has 0 aromatic heterocycles. The van der Waals surface area contributed by atoms with Crippen molar-refractivity contribution >= 4 is 27.6 Å². The molecular formula is C13H18BrN3O. The smallest absolute Gasteiger partial charge is 0.324 e. The van der Waals surface area contributed by atoms with E-state index in [-0.39, 0.29) is 6.03 Å². The SMILES string of the molecule is CNCC1CN(C)C(=O)N(c2cccc(Br)c2)C1. The summed E-state index contributed by atoms with van der Waals surface area (Å²) in [4.78, 5) is 15.8. The minimum atomic E-state index is 0.0699. The van der Waals surface area contributed by atoms with Crippen LogP contribution < -0.4 is 10.2 Å². The molecule has 0 bridgehead atoms. The fourth-order valence-corrected chi connectivity index (χ4v) is 2.73. The molecule has 1 unspecified atom stereocenters. The van der Waals surface area contributed by atoms with Crippen molar-refractivity contribution in [1.82, 2.24) is 10.2 Å². The normalized spacial score (nSPS) is 20.4. The van der Waals surface area contributed by atoms with E-state index < -0.39 is 0 Å². The minimum Gasteiger partial charge on any atom is -0.327 e. The van der Waals surface area contributed by atoms with Gasteiger partial charge in [-0.15, -0.1) is 0 Å². The molecule has 5 heteroatoms. The van der Waals surface area contributed by atoms with Gasteiger partial charge in [0.15, 0.2) is 0 Å². The lowest BCUT2D eigenvalue weighted by Gasteiger charge is -2.38. The standard InChI is InChI=1S/C13H18BrN3O/c1-15-7-10-8-16(2)13(18)17(9-10)12-5-3-4-11(14)6-12/h3-6,10,15H,7-9H2,1-2H3. The first kappa shape index (κ1) is 13.4. The van der Waals surface area contributed by atoms with Gasteiger partial charge in [0.25, 0.3) is 0 Å². The predicted molar refractivity (Wildman–Crippen MR) is 76.9 cm³/mol. The molecule has 2 amide bonds. The van der Waals surface area contributed by atoms with Crippen molar-refractivity contribution in [2.24, 2.45) is 5.92 Å². The maximum Gasteiger partial charge on any atom is 0.324 e. The average molecular weight is 312 g/mol. The zero-order valence-corrected chi connectivity index (χ0v) is 12.3. The van der Waals surface area contributed by atoms with Crippen LogP contribution in [0.15, 0.2) is 28.7 Å². The third-order valence-electron chi connectivity index (χ3n) is 3.14. The van der Waals surface area contributed by atoms with E-state index in [0.29, 0.717) is 5.92 Å². The molecule has 1 N–H and O–H groups in total. The van der Waals surface area contributed by atoms with Crippen LogP contribution in [0.25, 0.3) is 0 Å². The van der Waals surface area contributed by atoms with Gasteiger partial charge in [-0.05, 0) is 25.2 Å². The summed E-state index contributed by atoms with van der Waals surface area (Å²) in [5, 5.41) is 3.18. The van der Waals surface area contributed by atoms with Crippen LogP contribution in [0.2, 0.25) is 0 Å². The van der Waals surface area contributed by atoms with E-state index in [1.165, 1.54) is 0 Å². The summed E-state index contributed by atoms with van der Waals surface area (Å²) in [5.74, 6) is 0.455. The van der Waals surface area contributed by atoms with E-state index >= 15 is 0 Å². The number of urea groups is 1. The van der Waals surface area contributed by atoms with Crippen molar-refractivity contribution in [3.05, 3.63) is 28.7 Å². The second-order valence-corrected chi connectivity index (χ2v) is 5.59. The molecule has 0 radical (unpaired) electrons. The Morgan fingerprint density at radius 2 is 2.22 bits per heavy atom. The summed E-state index contributed by atoms with van der Waals surface area (Å²) in [5.41, 5.74) is 0.946. The number of anilines is 1. The Balaban J connectivity index is 2.21. The molecular weight excluding hydrogens is 294 g/mol. The van der Waals surface area contributed by atoms with Crippen LogP contribution in [-0.2, 0) is 0 Å². The molecule has 1 aromatic rings. The van der Waals surface area contributed by atoms with Crippen molar-refractivity contribution < 1.29 is 4.79 Å². The molecule has 2 rings (SSSR count). The lowest BCUT2D eigenvalue weighted by atomic mass is 10.1. The molecule has 1 saturated heterocycles. The number of nitrogens with one attached hydrogen (secondary N) is 1. The van der Waals surface area contributed by atoms with Crippen molar-refractivity contribution in [3.63, 3.8) is 0 Å². The quantitative estimate of drug-likeness (QED) is 0.928. The van der Waals surface area contributed by atoms with Crippen molar-refractivity contribution in [2.45, 2.75) is 0 Å². The maximum atomic E-state index is 12.2. The first-order valence-electron chi connectivity index (χ1n) is 6.04. The van der Waals surface area contributed by atoms with Gasteiger partial charge >= 0.3 is 6.03 Å². The summed E-state index contributed by atoms with van der Waals surface area (Å²) in [6, 6.07) is 7.94. The fourth-order valence-electron chi connectivity index (χ4n) is 2.34.